The minimum absolute atomic E-state index is 0.384. The molecule has 0 saturated carbocycles. The van der Waals surface area contributed by atoms with Crippen molar-refractivity contribution in [2.24, 2.45) is 15.9 Å². The predicted octanol–water partition coefficient (Wildman–Crippen LogP) is 3.01. The van der Waals surface area contributed by atoms with Crippen molar-refractivity contribution in [2.45, 2.75) is 0 Å². The van der Waals surface area contributed by atoms with Crippen molar-refractivity contribution in [2.75, 3.05) is 6.26 Å². The van der Waals surface area contributed by atoms with Crippen molar-refractivity contribution in [3.63, 3.8) is 0 Å². The van der Waals surface area contributed by atoms with Crippen LogP contribution in [0.4, 0.5) is 0 Å². The molecule has 1 aromatic carbocycles. The van der Waals surface area contributed by atoms with E-state index < -0.39 is 0 Å². The van der Waals surface area contributed by atoms with Crippen molar-refractivity contribution in [3.8, 4) is 0 Å². The molecule has 0 heterocycles. The number of halogens is 2. The molecule has 1 aromatic rings. The van der Waals surface area contributed by atoms with Crippen LogP contribution < -0.4 is 5.73 Å². The first-order valence-electron chi connectivity index (χ1n) is 3.99. The number of nitrogens with zero attached hydrogens (tertiary/aromatic N) is 2. The molecule has 15 heavy (non-hydrogen) atoms. The molecular weight excluding hydrogens is 253 g/mol. The monoisotopic (exact) mass is 261 g/mol. The van der Waals surface area contributed by atoms with Crippen molar-refractivity contribution in [3.05, 3.63) is 33.8 Å². The molecule has 0 unspecified atom stereocenters. The smallest absolute Gasteiger partial charge is 0.180 e. The summed E-state index contributed by atoms with van der Waals surface area (Å²) in [7, 11) is 0. The van der Waals surface area contributed by atoms with Gasteiger partial charge in [0.2, 0.25) is 0 Å². The Bertz CT molecular complexity index is 384. The number of benzene rings is 1. The first kappa shape index (κ1) is 12.4. The third-order valence-corrected chi connectivity index (χ3v) is 2.71. The molecule has 3 nitrogen and oxygen atoms in total. The van der Waals surface area contributed by atoms with Crippen LogP contribution in [0.1, 0.15) is 5.56 Å². The fourth-order valence-corrected chi connectivity index (χ4v) is 1.44. The lowest BCUT2D eigenvalue weighted by Crippen LogP contribution is -2.03. The highest BCUT2D eigenvalue weighted by atomic mass is 35.5. The van der Waals surface area contributed by atoms with Crippen LogP contribution >= 0.6 is 35.0 Å². The molecule has 0 atom stereocenters. The van der Waals surface area contributed by atoms with Crippen molar-refractivity contribution in [1.82, 2.24) is 0 Å². The summed E-state index contributed by atoms with van der Waals surface area (Å²) in [5, 5.41) is 8.96. The fourth-order valence-electron chi connectivity index (χ4n) is 0.818. The number of amidine groups is 1. The van der Waals surface area contributed by atoms with Gasteiger partial charge in [-0.05, 0) is 18.4 Å². The van der Waals surface area contributed by atoms with Gasteiger partial charge < -0.3 is 5.73 Å². The Kier molecular flexibility index (Phi) is 4.94. The molecule has 0 aliphatic carbocycles. The number of hydrogen-bond donors (Lipinski definition) is 1. The van der Waals surface area contributed by atoms with E-state index in [1.165, 1.54) is 18.0 Å². The third kappa shape index (κ3) is 3.74. The van der Waals surface area contributed by atoms with Gasteiger partial charge in [0, 0.05) is 5.56 Å². The van der Waals surface area contributed by atoms with E-state index in [2.05, 4.69) is 10.2 Å². The summed E-state index contributed by atoms with van der Waals surface area (Å²) in [4.78, 5) is 0. The first-order valence-corrected chi connectivity index (χ1v) is 5.97. The van der Waals surface area contributed by atoms with Crippen LogP contribution in [0, 0.1) is 0 Å². The lowest BCUT2D eigenvalue weighted by molar-refractivity contribution is 1.25. The van der Waals surface area contributed by atoms with Crippen LogP contribution in [0.25, 0.3) is 0 Å². The van der Waals surface area contributed by atoms with Crippen LogP contribution in [-0.4, -0.2) is 17.6 Å². The molecular formula is C9H9Cl2N3S. The molecule has 0 radical (unpaired) electrons. The van der Waals surface area contributed by atoms with Crippen LogP contribution in [0.2, 0.25) is 10.0 Å². The Morgan fingerprint density at radius 2 is 2.00 bits per heavy atom. The molecule has 0 spiro atoms. The van der Waals surface area contributed by atoms with Crippen LogP contribution in [0.3, 0.4) is 0 Å². The standard InChI is InChI=1S/C9H9Cl2N3S/c1-15-9(12)14-13-5-6-7(10)3-2-4-8(6)11/h2-5H,1H3,(H2,12,14)/b13-5-. The van der Waals surface area contributed by atoms with Gasteiger partial charge in [0.05, 0.1) is 16.3 Å². The van der Waals surface area contributed by atoms with E-state index in [0.717, 1.165) is 0 Å². The number of rotatable bonds is 2. The van der Waals surface area contributed by atoms with E-state index in [1.54, 1.807) is 18.2 Å². The predicted molar refractivity (Wildman–Crippen MR) is 69.2 cm³/mol. The average molecular weight is 262 g/mol. The highest BCUT2D eigenvalue weighted by Gasteiger charge is 2.01. The van der Waals surface area contributed by atoms with Crippen molar-refractivity contribution >= 4 is 46.3 Å². The summed E-state index contributed by atoms with van der Waals surface area (Å²) in [6.45, 7) is 0. The topological polar surface area (TPSA) is 50.7 Å². The van der Waals surface area contributed by atoms with Gasteiger partial charge in [-0.1, -0.05) is 41.0 Å². The van der Waals surface area contributed by atoms with E-state index in [-0.39, 0.29) is 0 Å². The molecule has 0 fully saturated rings. The minimum atomic E-state index is 0.384. The summed E-state index contributed by atoms with van der Waals surface area (Å²) in [5.74, 6) is 0. The van der Waals surface area contributed by atoms with Gasteiger partial charge in [-0.15, -0.1) is 5.10 Å². The van der Waals surface area contributed by atoms with Gasteiger partial charge in [-0.2, -0.15) is 5.10 Å². The third-order valence-electron chi connectivity index (χ3n) is 1.55. The Morgan fingerprint density at radius 3 is 2.53 bits per heavy atom. The summed E-state index contributed by atoms with van der Waals surface area (Å²) in [6, 6.07) is 5.23. The Labute approximate surface area is 102 Å². The largest absolute Gasteiger partial charge is 0.377 e. The highest BCUT2D eigenvalue weighted by Crippen LogP contribution is 2.22. The second-order valence-electron chi connectivity index (χ2n) is 2.52. The SMILES string of the molecule is CS/C(N)=N/N=C\c1c(Cl)cccc1Cl. The van der Waals surface area contributed by atoms with E-state index in [1.807, 2.05) is 6.26 Å². The average Bonchev–Trinajstić information content (AvgIpc) is 2.22. The molecule has 0 aliphatic heterocycles. The van der Waals surface area contributed by atoms with Crippen LogP contribution in [-0.2, 0) is 0 Å². The molecule has 0 aliphatic rings. The Morgan fingerprint density at radius 1 is 1.40 bits per heavy atom. The van der Waals surface area contributed by atoms with Gasteiger partial charge in [0.25, 0.3) is 0 Å². The molecule has 80 valence electrons. The molecule has 0 saturated heterocycles. The van der Waals surface area contributed by atoms with Crippen molar-refractivity contribution in [1.29, 1.82) is 0 Å². The summed E-state index contributed by atoms with van der Waals surface area (Å²) in [6.07, 6.45) is 3.30. The van der Waals surface area contributed by atoms with Crippen LogP contribution in [0.15, 0.2) is 28.4 Å². The quantitative estimate of drug-likeness (QED) is 0.506. The van der Waals surface area contributed by atoms with E-state index in [4.69, 9.17) is 28.9 Å². The summed E-state index contributed by atoms with van der Waals surface area (Å²) < 4.78 is 0. The second kappa shape index (κ2) is 6.00. The zero-order valence-electron chi connectivity index (χ0n) is 7.95. The number of hydrogen-bond acceptors (Lipinski definition) is 3. The maximum Gasteiger partial charge on any atom is 0.180 e. The van der Waals surface area contributed by atoms with Gasteiger partial charge >= 0.3 is 0 Å². The van der Waals surface area contributed by atoms with Gasteiger partial charge in [0.15, 0.2) is 5.17 Å². The Balaban J connectivity index is 2.90. The molecule has 2 N–H and O–H groups in total. The minimum Gasteiger partial charge on any atom is -0.377 e. The second-order valence-corrected chi connectivity index (χ2v) is 4.16. The molecule has 6 heteroatoms. The Hall–Kier alpha value is -0.710. The van der Waals surface area contributed by atoms with E-state index >= 15 is 0 Å². The van der Waals surface area contributed by atoms with E-state index in [0.29, 0.717) is 20.8 Å². The number of thioether (sulfide) groups is 1. The zero-order valence-corrected chi connectivity index (χ0v) is 10.3. The fraction of sp³-hybridized carbons (Fsp3) is 0.111. The maximum absolute atomic E-state index is 5.92. The zero-order chi connectivity index (χ0) is 11.3. The summed E-state index contributed by atoms with van der Waals surface area (Å²) >= 11 is 13.2. The van der Waals surface area contributed by atoms with E-state index in [9.17, 15) is 0 Å². The van der Waals surface area contributed by atoms with Crippen LogP contribution in [0.5, 0.6) is 0 Å². The normalized spacial score (nSPS) is 12.3. The molecule has 1 rings (SSSR count). The molecule has 0 bridgehead atoms. The molecule has 0 amide bonds. The lowest BCUT2D eigenvalue weighted by atomic mass is 10.2. The lowest BCUT2D eigenvalue weighted by Gasteiger charge is -1.98. The van der Waals surface area contributed by atoms with Crippen molar-refractivity contribution < 1.29 is 0 Å². The van der Waals surface area contributed by atoms with Gasteiger partial charge in [-0.25, -0.2) is 0 Å². The maximum atomic E-state index is 5.92. The first-order chi connectivity index (χ1) is 7.15. The molecule has 0 aromatic heterocycles. The number of nitrogens with two attached hydrogens (primary N) is 1. The van der Waals surface area contributed by atoms with Gasteiger partial charge in [-0.3, -0.25) is 0 Å². The summed E-state index contributed by atoms with van der Waals surface area (Å²) in [5.41, 5.74) is 6.08. The highest BCUT2D eigenvalue weighted by molar-refractivity contribution is 8.13. The van der Waals surface area contributed by atoms with Gasteiger partial charge in [0.1, 0.15) is 0 Å².